The lowest BCUT2D eigenvalue weighted by Crippen LogP contribution is -2.41. The van der Waals surface area contributed by atoms with Gasteiger partial charge in [0.05, 0.1) is 0 Å². The van der Waals surface area contributed by atoms with Crippen molar-refractivity contribution < 1.29 is 4.79 Å². The van der Waals surface area contributed by atoms with Gasteiger partial charge < -0.3 is 4.90 Å². The van der Waals surface area contributed by atoms with Crippen LogP contribution in [0.3, 0.4) is 0 Å². The molecular weight excluding hydrogens is 222 g/mol. The Morgan fingerprint density at radius 1 is 1.06 bits per heavy atom. The van der Waals surface area contributed by atoms with E-state index in [1.165, 1.54) is 5.56 Å². The largest absolute Gasteiger partial charge is 0.329 e. The summed E-state index contributed by atoms with van der Waals surface area (Å²) in [5, 5.41) is 0. The van der Waals surface area contributed by atoms with E-state index in [1.54, 1.807) is 0 Å². The predicted octanol–water partition coefficient (Wildman–Crippen LogP) is 3.74. The number of hydrogen-bond acceptors (Lipinski definition) is 1. The van der Waals surface area contributed by atoms with Crippen LogP contribution in [0.15, 0.2) is 18.2 Å². The van der Waals surface area contributed by atoms with E-state index in [4.69, 9.17) is 0 Å². The number of hydrogen-bond donors (Lipinski definition) is 0. The first kappa shape index (κ1) is 13.1. The summed E-state index contributed by atoms with van der Waals surface area (Å²) < 4.78 is 0. The van der Waals surface area contributed by atoms with Gasteiger partial charge in [-0.15, -0.1) is 0 Å². The summed E-state index contributed by atoms with van der Waals surface area (Å²) in [5.41, 5.74) is 3.15. The first-order valence-corrected chi connectivity index (χ1v) is 6.57. The molecule has 2 nitrogen and oxygen atoms in total. The quantitative estimate of drug-likeness (QED) is 0.682. The molecule has 0 radical (unpaired) electrons. The highest BCUT2D eigenvalue weighted by molar-refractivity contribution is 6.00. The van der Waals surface area contributed by atoms with Gasteiger partial charge in [-0.25, -0.2) is 0 Å². The molecule has 0 unspecified atom stereocenters. The van der Waals surface area contributed by atoms with Gasteiger partial charge in [-0.1, -0.05) is 39.0 Å². The highest BCUT2D eigenvalue weighted by Crippen LogP contribution is 2.35. The predicted molar refractivity (Wildman–Crippen MR) is 74.8 cm³/mol. The second-order valence-corrected chi connectivity index (χ2v) is 7.15. The van der Waals surface area contributed by atoms with Crippen LogP contribution in [0.1, 0.15) is 63.0 Å². The van der Waals surface area contributed by atoms with Crippen molar-refractivity contribution >= 4 is 5.91 Å². The van der Waals surface area contributed by atoms with Gasteiger partial charge in [0.2, 0.25) is 0 Å². The summed E-state index contributed by atoms with van der Waals surface area (Å²) in [4.78, 5) is 14.6. The molecule has 0 fully saturated rings. The number of fused-ring (bicyclic) bond motifs is 1. The Morgan fingerprint density at radius 3 is 2.17 bits per heavy atom. The third kappa shape index (κ3) is 2.05. The fourth-order valence-electron chi connectivity index (χ4n) is 2.53. The lowest BCUT2D eigenvalue weighted by Gasteiger charge is -2.32. The van der Waals surface area contributed by atoms with Gasteiger partial charge in [-0.2, -0.15) is 0 Å². The Balaban J connectivity index is 2.54. The molecule has 0 saturated carbocycles. The van der Waals surface area contributed by atoms with E-state index in [1.807, 2.05) is 4.90 Å². The zero-order valence-corrected chi connectivity index (χ0v) is 12.3. The molecule has 0 N–H and O–H groups in total. The van der Waals surface area contributed by atoms with Gasteiger partial charge >= 0.3 is 0 Å². The van der Waals surface area contributed by atoms with Crippen molar-refractivity contribution in [2.24, 2.45) is 0 Å². The maximum Gasteiger partial charge on any atom is 0.255 e. The van der Waals surface area contributed by atoms with E-state index in [-0.39, 0.29) is 16.9 Å². The Morgan fingerprint density at radius 2 is 1.67 bits per heavy atom. The van der Waals surface area contributed by atoms with Crippen LogP contribution in [0.25, 0.3) is 0 Å². The van der Waals surface area contributed by atoms with E-state index >= 15 is 0 Å². The SMILES string of the molecule is CC(C)(C)c1cccc2c1C(=O)N(C(C)(C)C)C2. The number of carbonyl (C=O) groups is 1. The smallest absolute Gasteiger partial charge is 0.255 e. The van der Waals surface area contributed by atoms with Gasteiger partial charge in [0.25, 0.3) is 5.91 Å². The number of rotatable bonds is 0. The summed E-state index contributed by atoms with van der Waals surface area (Å²) in [7, 11) is 0. The lowest BCUT2D eigenvalue weighted by atomic mass is 9.82. The average molecular weight is 245 g/mol. The number of amides is 1. The standard InChI is InChI=1S/C16H23NO/c1-15(2,3)12-9-7-8-11-10-17(16(4,5)6)14(18)13(11)12/h7-9H,10H2,1-6H3. The Hall–Kier alpha value is -1.31. The second-order valence-electron chi connectivity index (χ2n) is 7.15. The monoisotopic (exact) mass is 245 g/mol. The molecule has 18 heavy (non-hydrogen) atoms. The summed E-state index contributed by atoms with van der Waals surface area (Å²) in [6, 6.07) is 6.23. The summed E-state index contributed by atoms with van der Waals surface area (Å²) >= 11 is 0. The molecule has 1 aliphatic heterocycles. The van der Waals surface area contributed by atoms with E-state index in [2.05, 4.69) is 59.7 Å². The highest BCUT2D eigenvalue weighted by Gasteiger charge is 2.37. The van der Waals surface area contributed by atoms with Crippen LogP contribution < -0.4 is 0 Å². The molecule has 2 rings (SSSR count). The van der Waals surface area contributed by atoms with Crippen LogP contribution in [-0.2, 0) is 12.0 Å². The minimum Gasteiger partial charge on any atom is -0.329 e. The molecule has 0 spiro atoms. The van der Waals surface area contributed by atoms with Crippen molar-refractivity contribution in [1.82, 2.24) is 4.90 Å². The van der Waals surface area contributed by atoms with Crippen molar-refractivity contribution in [3.63, 3.8) is 0 Å². The first-order valence-electron chi connectivity index (χ1n) is 6.57. The Bertz CT molecular complexity index is 489. The number of benzene rings is 1. The first-order chi connectivity index (χ1) is 8.12. The third-order valence-electron chi connectivity index (χ3n) is 3.56. The van der Waals surface area contributed by atoms with Crippen LogP contribution >= 0.6 is 0 Å². The Kier molecular flexibility index (Phi) is 2.80. The van der Waals surface area contributed by atoms with Gasteiger partial charge in [0.15, 0.2) is 0 Å². The van der Waals surface area contributed by atoms with Crippen LogP contribution in [0.2, 0.25) is 0 Å². The molecule has 1 amide bonds. The van der Waals surface area contributed by atoms with Crippen molar-refractivity contribution in [2.45, 2.75) is 59.0 Å². The minimum absolute atomic E-state index is 0.00883. The molecule has 0 saturated heterocycles. The van der Waals surface area contributed by atoms with Crippen molar-refractivity contribution in [2.75, 3.05) is 0 Å². The molecule has 0 atom stereocenters. The maximum atomic E-state index is 12.6. The van der Waals surface area contributed by atoms with Crippen LogP contribution in [-0.4, -0.2) is 16.3 Å². The second kappa shape index (κ2) is 3.84. The van der Waals surface area contributed by atoms with Crippen LogP contribution in [0.4, 0.5) is 0 Å². The highest BCUT2D eigenvalue weighted by atomic mass is 16.2. The lowest BCUT2D eigenvalue weighted by molar-refractivity contribution is 0.0608. The number of nitrogens with zero attached hydrogens (tertiary/aromatic N) is 1. The van der Waals surface area contributed by atoms with E-state index in [0.717, 1.165) is 17.7 Å². The molecule has 0 bridgehead atoms. The molecular formula is C16H23NO. The van der Waals surface area contributed by atoms with E-state index in [9.17, 15) is 4.79 Å². The molecule has 2 heteroatoms. The topological polar surface area (TPSA) is 20.3 Å². The van der Waals surface area contributed by atoms with E-state index < -0.39 is 0 Å². The molecule has 1 heterocycles. The minimum atomic E-state index is -0.120. The third-order valence-corrected chi connectivity index (χ3v) is 3.56. The van der Waals surface area contributed by atoms with Gasteiger partial charge in [0, 0.05) is 17.6 Å². The summed E-state index contributed by atoms with van der Waals surface area (Å²) in [6.45, 7) is 13.5. The normalized spacial score (nSPS) is 16.1. The van der Waals surface area contributed by atoms with Crippen molar-refractivity contribution in [1.29, 1.82) is 0 Å². The fourth-order valence-corrected chi connectivity index (χ4v) is 2.53. The number of carbonyl (C=O) groups excluding carboxylic acids is 1. The zero-order valence-electron chi connectivity index (χ0n) is 12.3. The fraction of sp³-hybridized carbons (Fsp3) is 0.562. The van der Waals surface area contributed by atoms with Crippen LogP contribution in [0, 0.1) is 0 Å². The molecule has 0 aromatic heterocycles. The zero-order chi connectivity index (χ0) is 13.7. The van der Waals surface area contributed by atoms with Crippen LogP contribution in [0.5, 0.6) is 0 Å². The molecule has 1 aromatic carbocycles. The summed E-state index contributed by atoms with van der Waals surface area (Å²) in [5.74, 6) is 0.183. The Labute approximate surface area is 110 Å². The summed E-state index contributed by atoms with van der Waals surface area (Å²) in [6.07, 6.45) is 0. The molecule has 1 aliphatic rings. The maximum absolute atomic E-state index is 12.6. The van der Waals surface area contributed by atoms with Crippen molar-refractivity contribution in [3.05, 3.63) is 34.9 Å². The molecule has 1 aromatic rings. The average Bonchev–Trinajstić information content (AvgIpc) is 2.54. The van der Waals surface area contributed by atoms with Gasteiger partial charge in [0.1, 0.15) is 0 Å². The van der Waals surface area contributed by atoms with Crippen molar-refractivity contribution in [3.8, 4) is 0 Å². The van der Waals surface area contributed by atoms with Gasteiger partial charge in [-0.3, -0.25) is 4.79 Å². The van der Waals surface area contributed by atoms with E-state index in [0.29, 0.717) is 0 Å². The molecule has 98 valence electrons. The molecule has 0 aliphatic carbocycles. The van der Waals surface area contributed by atoms with Gasteiger partial charge in [-0.05, 0) is 37.3 Å².